The molecule has 0 spiro atoms. The molecule has 1 heterocycles. The summed E-state index contributed by atoms with van der Waals surface area (Å²) in [6, 6.07) is 3.50. The summed E-state index contributed by atoms with van der Waals surface area (Å²) in [5.74, 6) is 0.257. The molecule has 1 aromatic heterocycles. The third-order valence-electron chi connectivity index (χ3n) is 2.43. The lowest BCUT2D eigenvalue weighted by Crippen LogP contribution is -2.24. The Balaban J connectivity index is 2.44. The molecule has 0 unspecified atom stereocenters. The van der Waals surface area contributed by atoms with Gasteiger partial charge in [0, 0.05) is 18.8 Å². The molecular weight excluding hydrogens is 216 g/mol. The van der Waals surface area contributed by atoms with Gasteiger partial charge in [-0.25, -0.2) is 0 Å². The molecule has 0 atom stereocenters. The first-order chi connectivity index (χ1) is 7.99. The molecule has 0 fully saturated rings. The van der Waals surface area contributed by atoms with Gasteiger partial charge in [-0.15, -0.1) is 0 Å². The van der Waals surface area contributed by atoms with E-state index in [1.807, 2.05) is 27.8 Å². The number of aryl methyl sites for hydroxylation is 1. The molecular formula is C13H22N2O2. The summed E-state index contributed by atoms with van der Waals surface area (Å²) in [6.07, 6.45) is 0.258. The minimum Gasteiger partial charge on any atom is -0.506 e. The monoisotopic (exact) mass is 238 g/mol. The fourth-order valence-corrected chi connectivity index (χ4v) is 1.50. The van der Waals surface area contributed by atoms with Gasteiger partial charge in [0.15, 0.2) is 0 Å². The van der Waals surface area contributed by atoms with Gasteiger partial charge < -0.3 is 9.84 Å². The Morgan fingerprint density at radius 1 is 1.41 bits per heavy atom. The average Bonchev–Trinajstić information content (AvgIpc) is 2.23. The van der Waals surface area contributed by atoms with Crippen LogP contribution in [0.15, 0.2) is 12.1 Å². The van der Waals surface area contributed by atoms with Gasteiger partial charge >= 0.3 is 0 Å². The minimum atomic E-state index is 0.257. The summed E-state index contributed by atoms with van der Waals surface area (Å²) in [4.78, 5) is 6.41. The standard InChI is InChI=1S/C13H22N2O2/c1-10(2)17-8-7-15(4)9-12-13(16)6-5-11(3)14-12/h5-6,10,16H,7-9H2,1-4H3. The predicted molar refractivity (Wildman–Crippen MR) is 68.1 cm³/mol. The average molecular weight is 238 g/mol. The highest BCUT2D eigenvalue weighted by Gasteiger charge is 2.07. The van der Waals surface area contributed by atoms with Crippen LogP contribution in [-0.4, -0.2) is 41.3 Å². The molecule has 1 rings (SSSR count). The van der Waals surface area contributed by atoms with Crippen molar-refractivity contribution in [3.8, 4) is 5.75 Å². The Bertz CT molecular complexity index is 353. The zero-order chi connectivity index (χ0) is 12.8. The van der Waals surface area contributed by atoms with E-state index in [-0.39, 0.29) is 11.9 Å². The van der Waals surface area contributed by atoms with Crippen molar-refractivity contribution in [2.24, 2.45) is 0 Å². The molecule has 1 aromatic rings. The zero-order valence-electron chi connectivity index (χ0n) is 11.1. The highest BCUT2D eigenvalue weighted by Crippen LogP contribution is 2.15. The number of ether oxygens (including phenoxy) is 1. The van der Waals surface area contributed by atoms with Crippen molar-refractivity contribution in [1.29, 1.82) is 0 Å². The van der Waals surface area contributed by atoms with Crippen molar-refractivity contribution >= 4 is 0 Å². The number of aromatic nitrogens is 1. The second kappa shape index (κ2) is 6.57. The van der Waals surface area contributed by atoms with E-state index < -0.39 is 0 Å². The van der Waals surface area contributed by atoms with Crippen LogP contribution in [0, 0.1) is 6.92 Å². The molecule has 0 aliphatic heterocycles. The Labute approximate surface area is 103 Å². The van der Waals surface area contributed by atoms with Crippen LogP contribution < -0.4 is 0 Å². The second-order valence-corrected chi connectivity index (χ2v) is 4.58. The first kappa shape index (κ1) is 13.9. The van der Waals surface area contributed by atoms with Crippen molar-refractivity contribution in [3.05, 3.63) is 23.5 Å². The van der Waals surface area contributed by atoms with Crippen LogP contribution in [0.2, 0.25) is 0 Å². The zero-order valence-corrected chi connectivity index (χ0v) is 11.1. The quantitative estimate of drug-likeness (QED) is 0.823. The van der Waals surface area contributed by atoms with Crippen molar-refractivity contribution in [1.82, 2.24) is 9.88 Å². The van der Waals surface area contributed by atoms with Gasteiger partial charge in [0.1, 0.15) is 5.75 Å². The Morgan fingerprint density at radius 2 is 2.12 bits per heavy atom. The number of likely N-dealkylation sites (N-methyl/N-ethyl adjacent to an activating group) is 1. The SMILES string of the molecule is Cc1ccc(O)c(CN(C)CCOC(C)C)n1. The highest BCUT2D eigenvalue weighted by molar-refractivity contribution is 5.27. The van der Waals surface area contributed by atoms with Crippen LogP contribution in [0.5, 0.6) is 5.75 Å². The highest BCUT2D eigenvalue weighted by atomic mass is 16.5. The van der Waals surface area contributed by atoms with Gasteiger partial charge in [-0.3, -0.25) is 9.88 Å². The van der Waals surface area contributed by atoms with E-state index in [0.29, 0.717) is 13.2 Å². The van der Waals surface area contributed by atoms with Crippen LogP contribution in [0.4, 0.5) is 0 Å². The molecule has 0 bridgehead atoms. The lowest BCUT2D eigenvalue weighted by Gasteiger charge is -2.17. The first-order valence-electron chi connectivity index (χ1n) is 5.94. The fraction of sp³-hybridized carbons (Fsp3) is 0.615. The van der Waals surface area contributed by atoms with E-state index in [1.165, 1.54) is 0 Å². The second-order valence-electron chi connectivity index (χ2n) is 4.58. The Hall–Kier alpha value is -1.13. The topological polar surface area (TPSA) is 45.6 Å². The van der Waals surface area contributed by atoms with E-state index in [4.69, 9.17) is 4.74 Å². The van der Waals surface area contributed by atoms with E-state index in [9.17, 15) is 5.11 Å². The van der Waals surface area contributed by atoms with Crippen LogP contribution in [0.1, 0.15) is 25.2 Å². The van der Waals surface area contributed by atoms with E-state index in [2.05, 4.69) is 9.88 Å². The number of pyridine rings is 1. The van der Waals surface area contributed by atoms with E-state index in [1.54, 1.807) is 12.1 Å². The van der Waals surface area contributed by atoms with E-state index >= 15 is 0 Å². The lowest BCUT2D eigenvalue weighted by atomic mass is 10.2. The van der Waals surface area contributed by atoms with Crippen LogP contribution >= 0.6 is 0 Å². The number of rotatable bonds is 6. The largest absolute Gasteiger partial charge is 0.506 e. The van der Waals surface area contributed by atoms with Crippen molar-refractivity contribution < 1.29 is 9.84 Å². The number of aromatic hydroxyl groups is 1. The predicted octanol–water partition coefficient (Wildman–Crippen LogP) is 1.95. The molecule has 0 aromatic carbocycles. The molecule has 4 heteroatoms. The maximum Gasteiger partial charge on any atom is 0.138 e. The first-order valence-corrected chi connectivity index (χ1v) is 5.94. The fourth-order valence-electron chi connectivity index (χ4n) is 1.50. The van der Waals surface area contributed by atoms with Crippen molar-refractivity contribution in [2.75, 3.05) is 20.2 Å². The summed E-state index contributed by atoms with van der Waals surface area (Å²) < 4.78 is 5.48. The minimum absolute atomic E-state index is 0.257. The molecule has 0 aliphatic rings. The normalized spacial score (nSPS) is 11.4. The molecule has 0 aliphatic carbocycles. The third kappa shape index (κ3) is 5.15. The van der Waals surface area contributed by atoms with E-state index in [0.717, 1.165) is 17.9 Å². The van der Waals surface area contributed by atoms with Gasteiger partial charge in [0.25, 0.3) is 0 Å². The van der Waals surface area contributed by atoms with Gasteiger partial charge in [-0.05, 0) is 40.0 Å². The van der Waals surface area contributed by atoms with Gasteiger partial charge in [0.05, 0.1) is 18.4 Å². The number of hydrogen-bond donors (Lipinski definition) is 1. The molecule has 4 nitrogen and oxygen atoms in total. The van der Waals surface area contributed by atoms with Crippen molar-refractivity contribution in [2.45, 2.75) is 33.4 Å². The summed E-state index contributed by atoms with van der Waals surface area (Å²) in [5, 5.41) is 9.68. The molecule has 1 N–H and O–H groups in total. The number of hydrogen-bond acceptors (Lipinski definition) is 4. The maximum atomic E-state index is 9.68. The van der Waals surface area contributed by atoms with Gasteiger partial charge in [-0.1, -0.05) is 0 Å². The van der Waals surface area contributed by atoms with Crippen LogP contribution in [-0.2, 0) is 11.3 Å². The van der Waals surface area contributed by atoms with Crippen molar-refractivity contribution in [3.63, 3.8) is 0 Å². The van der Waals surface area contributed by atoms with Gasteiger partial charge in [-0.2, -0.15) is 0 Å². The summed E-state index contributed by atoms with van der Waals surface area (Å²) >= 11 is 0. The molecule has 0 saturated carbocycles. The van der Waals surface area contributed by atoms with Gasteiger partial charge in [0.2, 0.25) is 0 Å². The number of nitrogens with zero attached hydrogens (tertiary/aromatic N) is 2. The Kier molecular flexibility index (Phi) is 5.38. The smallest absolute Gasteiger partial charge is 0.138 e. The third-order valence-corrected chi connectivity index (χ3v) is 2.43. The molecule has 17 heavy (non-hydrogen) atoms. The summed E-state index contributed by atoms with van der Waals surface area (Å²) in [7, 11) is 1.99. The Morgan fingerprint density at radius 3 is 2.76 bits per heavy atom. The molecule has 0 saturated heterocycles. The summed E-state index contributed by atoms with van der Waals surface area (Å²) in [6.45, 7) is 8.12. The van der Waals surface area contributed by atoms with Crippen LogP contribution in [0.25, 0.3) is 0 Å². The maximum absolute atomic E-state index is 9.68. The summed E-state index contributed by atoms with van der Waals surface area (Å²) in [5.41, 5.74) is 1.64. The molecule has 0 radical (unpaired) electrons. The van der Waals surface area contributed by atoms with Crippen LogP contribution in [0.3, 0.4) is 0 Å². The molecule has 96 valence electrons. The molecule has 0 amide bonds. The lowest BCUT2D eigenvalue weighted by molar-refractivity contribution is 0.0624.